The number of rotatable bonds is 3. The van der Waals surface area contributed by atoms with Crippen molar-refractivity contribution in [2.24, 2.45) is 0 Å². The van der Waals surface area contributed by atoms with Crippen molar-refractivity contribution < 1.29 is 17.5 Å². The zero-order valence-corrected chi connectivity index (χ0v) is 13.0. The van der Waals surface area contributed by atoms with Crippen molar-refractivity contribution in [3.8, 4) is 5.75 Å². The van der Waals surface area contributed by atoms with E-state index in [1.165, 1.54) is 42.5 Å². The highest BCUT2D eigenvalue weighted by Crippen LogP contribution is 2.33. The standard InChI is InChI=1S/C15H13ClFNO3S/c16-10-1-4-12(5-2-10)22(19,20)18-14-7-8-21-15-6-3-11(17)9-13(14)15/h1-6,9,14,18H,7-8H2. The molecule has 2 aromatic rings. The Morgan fingerprint density at radius 3 is 2.64 bits per heavy atom. The molecule has 0 fully saturated rings. The van der Waals surface area contributed by atoms with Gasteiger partial charge in [0.05, 0.1) is 17.5 Å². The minimum Gasteiger partial charge on any atom is -0.493 e. The Hall–Kier alpha value is -1.63. The number of hydrogen-bond acceptors (Lipinski definition) is 3. The van der Waals surface area contributed by atoms with Gasteiger partial charge < -0.3 is 4.74 Å². The first-order valence-electron chi connectivity index (χ1n) is 6.66. The molecule has 0 aromatic heterocycles. The van der Waals surface area contributed by atoms with Crippen LogP contribution in [0.15, 0.2) is 47.4 Å². The van der Waals surface area contributed by atoms with E-state index in [4.69, 9.17) is 16.3 Å². The summed E-state index contributed by atoms with van der Waals surface area (Å²) in [4.78, 5) is 0.112. The Morgan fingerprint density at radius 2 is 1.91 bits per heavy atom. The third-order valence-corrected chi connectivity index (χ3v) is 5.17. The van der Waals surface area contributed by atoms with Crippen LogP contribution < -0.4 is 9.46 Å². The Kier molecular flexibility index (Phi) is 4.08. The van der Waals surface area contributed by atoms with Crippen molar-refractivity contribution in [3.63, 3.8) is 0 Å². The molecule has 4 nitrogen and oxygen atoms in total. The molecule has 7 heteroatoms. The third kappa shape index (κ3) is 3.09. The highest BCUT2D eigenvalue weighted by molar-refractivity contribution is 7.89. The van der Waals surface area contributed by atoms with Gasteiger partial charge in [0.15, 0.2) is 0 Å². The molecule has 22 heavy (non-hydrogen) atoms. The summed E-state index contributed by atoms with van der Waals surface area (Å²) in [7, 11) is -3.72. The normalized spacial score (nSPS) is 17.6. The van der Waals surface area contributed by atoms with Crippen molar-refractivity contribution in [2.75, 3.05) is 6.61 Å². The minimum atomic E-state index is -3.72. The van der Waals surface area contributed by atoms with E-state index in [1.54, 1.807) is 0 Å². The molecule has 116 valence electrons. The van der Waals surface area contributed by atoms with E-state index in [1.807, 2.05) is 0 Å². The van der Waals surface area contributed by atoms with Gasteiger partial charge in [0.25, 0.3) is 0 Å². The van der Waals surface area contributed by atoms with Gasteiger partial charge in [0.1, 0.15) is 11.6 Å². The Morgan fingerprint density at radius 1 is 1.18 bits per heavy atom. The Labute approximate surface area is 132 Å². The first-order chi connectivity index (χ1) is 10.5. The van der Waals surface area contributed by atoms with Crippen molar-refractivity contribution in [1.29, 1.82) is 0 Å². The molecule has 3 rings (SSSR count). The van der Waals surface area contributed by atoms with E-state index in [9.17, 15) is 12.8 Å². The predicted octanol–water partition coefficient (Wildman–Crippen LogP) is 3.28. The zero-order chi connectivity index (χ0) is 15.7. The molecule has 0 spiro atoms. The number of nitrogens with one attached hydrogen (secondary N) is 1. The summed E-state index contributed by atoms with van der Waals surface area (Å²) in [5.74, 6) is 0.0661. The quantitative estimate of drug-likeness (QED) is 0.932. The molecule has 0 saturated carbocycles. The van der Waals surface area contributed by atoms with E-state index in [0.717, 1.165) is 0 Å². The second kappa shape index (κ2) is 5.87. The lowest BCUT2D eigenvalue weighted by Crippen LogP contribution is -2.32. The number of ether oxygens (including phenoxy) is 1. The molecule has 1 atom stereocenters. The topological polar surface area (TPSA) is 55.4 Å². The minimum absolute atomic E-state index is 0.112. The first kappa shape index (κ1) is 15.3. The number of halogens is 2. The van der Waals surface area contributed by atoms with Crippen LogP contribution in [0, 0.1) is 5.82 Å². The van der Waals surface area contributed by atoms with Crippen LogP contribution in [0.3, 0.4) is 0 Å². The van der Waals surface area contributed by atoms with Gasteiger partial charge in [-0.15, -0.1) is 0 Å². The number of hydrogen-bond donors (Lipinski definition) is 1. The average Bonchev–Trinajstić information content (AvgIpc) is 2.48. The summed E-state index contributed by atoms with van der Waals surface area (Å²) < 4.78 is 46.3. The van der Waals surface area contributed by atoms with Gasteiger partial charge in [0.2, 0.25) is 10.0 Å². The van der Waals surface area contributed by atoms with E-state index in [-0.39, 0.29) is 4.90 Å². The Balaban J connectivity index is 1.91. The van der Waals surface area contributed by atoms with Crippen LogP contribution in [0.1, 0.15) is 18.0 Å². The molecule has 0 bridgehead atoms. The monoisotopic (exact) mass is 341 g/mol. The lowest BCUT2D eigenvalue weighted by molar-refractivity contribution is 0.262. The van der Waals surface area contributed by atoms with E-state index in [0.29, 0.717) is 29.4 Å². The lowest BCUT2D eigenvalue weighted by atomic mass is 10.0. The molecule has 1 aliphatic heterocycles. The molecule has 1 aliphatic rings. The largest absolute Gasteiger partial charge is 0.493 e. The van der Waals surface area contributed by atoms with Crippen LogP contribution >= 0.6 is 11.6 Å². The van der Waals surface area contributed by atoms with Gasteiger partial charge in [-0.1, -0.05) is 11.6 Å². The fraction of sp³-hybridized carbons (Fsp3) is 0.200. The summed E-state index contributed by atoms with van der Waals surface area (Å²) in [5, 5.41) is 0.456. The molecule has 1 N–H and O–H groups in total. The van der Waals surface area contributed by atoms with E-state index in [2.05, 4.69) is 4.72 Å². The highest BCUT2D eigenvalue weighted by Gasteiger charge is 2.27. The van der Waals surface area contributed by atoms with Gasteiger partial charge in [-0.25, -0.2) is 17.5 Å². The lowest BCUT2D eigenvalue weighted by Gasteiger charge is -2.26. The van der Waals surface area contributed by atoms with E-state index < -0.39 is 21.9 Å². The van der Waals surface area contributed by atoms with Gasteiger partial charge in [-0.3, -0.25) is 0 Å². The second-order valence-electron chi connectivity index (χ2n) is 4.95. The van der Waals surface area contributed by atoms with Crippen LogP contribution in [0.4, 0.5) is 4.39 Å². The maximum absolute atomic E-state index is 13.4. The molecule has 2 aromatic carbocycles. The molecule has 0 saturated heterocycles. The van der Waals surface area contributed by atoms with Crippen LogP contribution in [0.25, 0.3) is 0 Å². The van der Waals surface area contributed by atoms with Crippen molar-refractivity contribution in [2.45, 2.75) is 17.4 Å². The first-order valence-corrected chi connectivity index (χ1v) is 8.52. The fourth-order valence-corrected chi connectivity index (χ4v) is 3.73. The van der Waals surface area contributed by atoms with Gasteiger partial charge >= 0.3 is 0 Å². The predicted molar refractivity (Wildman–Crippen MR) is 81.0 cm³/mol. The van der Waals surface area contributed by atoms with Crippen LogP contribution in [0.5, 0.6) is 5.75 Å². The Bertz CT molecular complexity index is 793. The molecule has 0 radical (unpaired) electrons. The average molecular weight is 342 g/mol. The van der Waals surface area contributed by atoms with Gasteiger partial charge in [-0.05, 0) is 42.5 Å². The molecule has 0 amide bonds. The molecule has 1 unspecified atom stereocenters. The SMILES string of the molecule is O=S(=O)(NC1CCOc2ccc(F)cc21)c1ccc(Cl)cc1. The fourth-order valence-electron chi connectivity index (χ4n) is 2.36. The molecule has 0 aliphatic carbocycles. The number of sulfonamides is 1. The van der Waals surface area contributed by atoms with Gasteiger partial charge in [-0.2, -0.15) is 0 Å². The second-order valence-corrected chi connectivity index (χ2v) is 7.10. The molecular formula is C15H13ClFNO3S. The van der Waals surface area contributed by atoms with Crippen LogP contribution in [-0.2, 0) is 10.0 Å². The van der Waals surface area contributed by atoms with Crippen molar-refractivity contribution >= 4 is 21.6 Å². The number of benzene rings is 2. The van der Waals surface area contributed by atoms with Crippen LogP contribution in [0.2, 0.25) is 5.02 Å². The number of fused-ring (bicyclic) bond motifs is 1. The summed E-state index contributed by atoms with van der Waals surface area (Å²) in [6.07, 6.45) is 0.434. The smallest absolute Gasteiger partial charge is 0.241 e. The van der Waals surface area contributed by atoms with Crippen LogP contribution in [-0.4, -0.2) is 15.0 Å². The third-order valence-electron chi connectivity index (χ3n) is 3.43. The van der Waals surface area contributed by atoms with E-state index >= 15 is 0 Å². The summed E-state index contributed by atoms with van der Waals surface area (Å²) >= 11 is 5.76. The van der Waals surface area contributed by atoms with Crippen molar-refractivity contribution in [3.05, 3.63) is 58.9 Å². The zero-order valence-electron chi connectivity index (χ0n) is 11.4. The van der Waals surface area contributed by atoms with Crippen molar-refractivity contribution in [1.82, 2.24) is 4.72 Å². The summed E-state index contributed by atoms with van der Waals surface area (Å²) in [6, 6.07) is 9.43. The maximum atomic E-state index is 13.4. The molecule has 1 heterocycles. The maximum Gasteiger partial charge on any atom is 0.241 e. The summed E-state index contributed by atoms with van der Waals surface area (Å²) in [6.45, 7) is 0.367. The van der Waals surface area contributed by atoms with Gasteiger partial charge in [0, 0.05) is 17.0 Å². The molecular weight excluding hydrogens is 329 g/mol. The highest BCUT2D eigenvalue weighted by atomic mass is 35.5. The summed E-state index contributed by atoms with van der Waals surface area (Å²) in [5.41, 5.74) is 0.504.